The molecule has 4 aromatic rings. The monoisotopic (exact) mass is 461 g/mol. The van der Waals surface area contributed by atoms with E-state index < -0.39 is 23.5 Å². The number of nitrogens with zero attached hydrogens (tertiary/aromatic N) is 5. The first-order valence-electron chi connectivity index (χ1n) is 8.82. The lowest BCUT2D eigenvalue weighted by atomic mass is 10.2. The van der Waals surface area contributed by atoms with Crippen molar-refractivity contribution < 1.29 is 28.6 Å². The molecule has 14 heteroatoms. The number of fused-ring (bicyclic) bond motifs is 2. The molecule has 4 N–H and O–H groups in total. The van der Waals surface area contributed by atoms with Gasteiger partial charge in [-0.05, 0) is 29.5 Å². The van der Waals surface area contributed by atoms with Crippen LogP contribution in [0.1, 0.15) is 42.9 Å². The Balaban J connectivity index is 0.000000193. The van der Waals surface area contributed by atoms with Crippen LogP contribution in [0.5, 0.6) is 0 Å². The number of oxazole rings is 1. The number of esters is 1. The number of primary amides is 1. The van der Waals surface area contributed by atoms with Gasteiger partial charge in [0.15, 0.2) is 34.2 Å². The highest BCUT2D eigenvalue weighted by Crippen LogP contribution is 2.16. The van der Waals surface area contributed by atoms with Crippen molar-refractivity contribution in [2.24, 2.45) is 5.73 Å². The molecule has 0 fully saturated rings. The molecule has 0 aliphatic carbocycles. The summed E-state index contributed by atoms with van der Waals surface area (Å²) in [6.07, 6.45) is 0. The third kappa shape index (κ3) is 4.63. The Morgan fingerprint density at radius 3 is 2.66 bits per heavy atom. The second kappa shape index (κ2) is 9.36. The number of methoxy groups -OCH3 is 1. The standard InChI is InChI=1S/C9H9ClN2O.C9H7N5O5/c1-6-12-8-4-7(5-11-10)2-3-9(8)13-6;1-19-9(18)4-2-3(8(16)17)11-7-5(6(10)15)12-13-14(4)7/h2-4,11H,5H2,1H3;2H,1H3,(H2,10,15)(H,16,17). The van der Waals surface area contributed by atoms with Crippen LogP contribution in [0.2, 0.25) is 0 Å². The van der Waals surface area contributed by atoms with Gasteiger partial charge in [0, 0.05) is 19.5 Å². The van der Waals surface area contributed by atoms with Crippen LogP contribution in [0.4, 0.5) is 0 Å². The minimum atomic E-state index is -1.38. The minimum Gasteiger partial charge on any atom is -0.477 e. The van der Waals surface area contributed by atoms with Crippen molar-refractivity contribution in [2.45, 2.75) is 13.5 Å². The summed E-state index contributed by atoms with van der Waals surface area (Å²) in [6.45, 7) is 2.46. The van der Waals surface area contributed by atoms with Gasteiger partial charge in [-0.15, -0.1) is 5.10 Å². The molecule has 3 aromatic heterocycles. The fourth-order valence-electron chi connectivity index (χ4n) is 2.67. The van der Waals surface area contributed by atoms with Crippen molar-refractivity contribution in [1.29, 1.82) is 0 Å². The zero-order valence-corrected chi connectivity index (χ0v) is 17.5. The number of nitrogens with one attached hydrogen (secondary N) is 1. The van der Waals surface area contributed by atoms with Gasteiger partial charge in [0.25, 0.3) is 5.91 Å². The Hall–Kier alpha value is -4.10. The highest BCUT2D eigenvalue weighted by atomic mass is 35.5. The number of carbonyl (C=O) groups excluding carboxylic acids is 2. The average Bonchev–Trinajstić information content (AvgIpc) is 3.35. The summed E-state index contributed by atoms with van der Waals surface area (Å²) < 4.78 is 10.7. The third-order valence-corrected chi connectivity index (χ3v) is 4.19. The molecule has 1 amide bonds. The van der Waals surface area contributed by atoms with Crippen LogP contribution in [0.3, 0.4) is 0 Å². The molecule has 0 spiro atoms. The number of rotatable bonds is 5. The number of nitrogens with two attached hydrogens (primary N) is 1. The van der Waals surface area contributed by atoms with Crippen LogP contribution in [-0.2, 0) is 11.3 Å². The summed E-state index contributed by atoms with van der Waals surface area (Å²) in [7, 11) is 1.11. The minimum absolute atomic E-state index is 0.229. The van der Waals surface area contributed by atoms with Gasteiger partial charge in [0.1, 0.15) is 5.52 Å². The highest BCUT2D eigenvalue weighted by molar-refractivity contribution is 6.13. The largest absolute Gasteiger partial charge is 0.477 e. The van der Waals surface area contributed by atoms with Crippen molar-refractivity contribution in [2.75, 3.05) is 7.11 Å². The number of carboxylic acid groups (broad SMARTS) is 1. The van der Waals surface area contributed by atoms with Crippen molar-refractivity contribution in [3.8, 4) is 0 Å². The Morgan fingerprint density at radius 1 is 1.28 bits per heavy atom. The number of carboxylic acids is 1. The van der Waals surface area contributed by atoms with E-state index in [0.29, 0.717) is 12.4 Å². The molecule has 1 aromatic carbocycles. The van der Waals surface area contributed by atoms with E-state index in [4.69, 9.17) is 27.0 Å². The first kappa shape index (κ1) is 22.6. The summed E-state index contributed by atoms with van der Waals surface area (Å²) in [5, 5.41) is 15.9. The van der Waals surface area contributed by atoms with Gasteiger partial charge in [-0.1, -0.05) is 11.3 Å². The van der Waals surface area contributed by atoms with Gasteiger partial charge < -0.3 is 20.0 Å². The van der Waals surface area contributed by atoms with Crippen molar-refractivity contribution >= 4 is 46.4 Å². The topological polar surface area (TPSA) is 188 Å². The van der Waals surface area contributed by atoms with E-state index in [1.165, 1.54) is 0 Å². The zero-order valence-electron chi connectivity index (χ0n) is 16.7. The predicted octanol–water partition coefficient (Wildman–Crippen LogP) is 1.09. The van der Waals surface area contributed by atoms with Crippen LogP contribution in [0.15, 0.2) is 28.7 Å². The fourth-order valence-corrected chi connectivity index (χ4v) is 2.83. The number of hydrogen-bond acceptors (Lipinski definition) is 10. The second-order valence-corrected chi connectivity index (χ2v) is 6.47. The Kier molecular flexibility index (Phi) is 6.61. The van der Waals surface area contributed by atoms with Crippen LogP contribution < -0.4 is 10.6 Å². The Morgan fingerprint density at radius 2 is 2.03 bits per heavy atom. The number of aromatic nitrogens is 5. The maximum atomic E-state index is 11.5. The average molecular weight is 462 g/mol. The number of ether oxygens (including phenoxy) is 1. The fraction of sp³-hybridized carbons (Fsp3) is 0.167. The summed E-state index contributed by atoms with van der Waals surface area (Å²) >= 11 is 5.40. The summed E-state index contributed by atoms with van der Waals surface area (Å²) in [5.41, 5.74) is 6.58. The molecule has 4 rings (SSSR count). The van der Waals surface area contributed by atoms with E-state index in [-0.39, 0.29) is 17.0 Å². The zero-order chi connectivity index (χ0) is 23.4. The van der Waals surface area contributed by atoms with E-state index in [1.54, 1.807) is 0 Å². The first-order valence-corrected chi connectivity index (χ1v) is 9.20. The molecule has 3 heterocycles. The molecule has 0 atom stereocenters. The van der Waals surface area contributed by atoms with Gasteiger partial charge in [0.05, 0.1) is 7.11 Å². The molecule has 0 saturated heterocycles. The Bertz CT molecular complexity index is 1330. The molecule has 0 saturated carbocycles. The second-order valence-electron chi connectivity index (χ2n) is 6.21. The normalized spacial score (nSPS) is 10.6. The van der Waals surface area contributed by atoms with Crippen LogP contribution >= 0.6 is 11.8 Å². The molecule has 0 bridgehead atoms. The van der Waals surface area contributed by atoms with Crippen molar-refractivity contribution in [3.63, 3.8) is 0 Å². The molecule has 0 radical (unpaired) electrons. The molecular weight excluding hydrogens is 446 g/mol. The first-order chi connectivity index (χ1) is 15.2. The van der Waals surface area contributed by atoms with E-state index >= 15 is 0 Å². The van der Waals surface area contributed by atoms with E-state index in [1.807, 2.05) is 25.1 Å². The summed E-state index contributed by atoms with van der Waals surface area (Å²) in [6, 6.07) is 6.78. The highest BCUT2D eigenvalue weighted by Gasteiger charge is 2.22. The van der Waals surface area contributed by atoms with E-state index in [0.717, 1.165) is 34.4 Å². The number of benzene rings is 1. The smallest absolute Gasteiger partial charge is 0.356 e. The lowest BCUT2D eigenvalue weighted by Gasteiger charge is -2.03. The number of aromatic carboxylic acids is 1. The quantitative estimate of drug-likeness (QED) is 0.285. The molecule has 0 aliphatic rings. The molecule has 166 valence electrons. The number of amides is 1. The lowest BCUT2D eigenvalue weighted by Crippen LogP contribution is -2.16. The van der Waals surface area contributed by atoms with Gasteiger partial charge in [-0.25, -0.2) is 24.4 Å². The van der Waals surface area contributed by atoms with Gasteiger partial charge in [-0.3, -0.25) is 4.79 Å². The van der Waals surface area contributed by atoms with Crippen LogP contribution in [-0.4, -0.2) is 54.9 Å². The third-order valence-electron chi connectivity index (χ3n) is 4.05. The number of hydrogen-bond donors (Lipinski definition) is 3. The van der Waals surface area contributed by atoms with Gasteiger partial charge >= 0.3 is 11.9 Å². The molecule has 0 unspecified atom stereocenters. The maximum absolute atomic E-state index is 11.5. The van der Waals surface area contributed by atoms with Gasteiger partial charge in [-0.2, -0.15) is 4.52 Å². The van der Waals surface area contributed by atoms with E-state index in [2.05, 4.69) is 29.9 Å². The van der Waals surface area contributed by atoms with Crippen molar-refractivity contribution in [1.82, 2.24) is 29.6 Å². The van der Waals surface area contributed by atoms with E-state index in [9.17, 15) is 14.4 Å². The maximum Gasteiger partial charge on any atom is 0.356 e. The SMILES string of the molecule is COC(=O)c1cc(C(=O)O)nc2c(C(N)=O)nnn12.Cc1nc2cc(CNCl)ccc2o1. The van der Waals surface area contributed by atoms with Crippen LogP contribution in [0.25, 0.3) is 16.7 Å². The van der Waals surface area contributed by atoms with Gasteiger partial charge in [0.2, 0.25) is 0 Å². The van der Waals surface area contributed by atoms with Crippen LogP contribution in [0, 0.1) is 6.92 Å². The predicted molar refractivity (Wildman–Crippen MR) is 109 cm³/mol. The molecular formula is C18H16ClN7O6. The number of carbonyl (C=O) groups is 3. The number of halogens is 1. The summed E-state index contributed by atoms with van der Waals surface area (Å²) in [5.74, 6) is -2.49. The Labute approximate surface area is 184 Å². The van der Waals surface area contributed by atoms with Crippen molar-refractivity contribution in [3.05, 3.63) is 52.8 Å². The molecule has 0 aliphatic heterocycles. The molecule has 13 nitrogen and oxygen atoms in total. The molecule has 32 heavy (non-hydrogen) atoms. The lowest BCUT2D eigenvalue weighted by molar-refractivity contribution is 0.0590. The number of aryl methyl sites for hydroxylation is 1. The summed E-state index contributed by atoms with van der Waals surface area (Å²) in [4.78, 5) is 44.0.